The summed E-state index contributed by atoms with van der Waals surface area (Å²) in [6.07, 6.45) is 4.96. The lowest BCUT2D eigenvalue weighted by Gasteiger charge is -2.36. The molecule has 4 aromatic rings. The van der Waals surface area contributed by atoms with Crippen LogP contribution in [-0.4, -0.2) is 47.1 Å². The zero-order valence-corrected chi connectivity index (χ0v) is 22.7. The fourth-order valence-corrected chi connectivity index (χ4v) is 6.90. The molecule has 0 spiro atoms. The average Bonchev–Trinajstić information content (AvgIpc) is 3.31. The van der Waals surface area contributed by atoms with E-state index in [1.54, 1.807) is 4.90 Å². The maximum Gasteiger partial charge on any atom is 0.321 e. The second kappa shape index (κ2) is 10.9. The molecule has 2 aromatic carbocycles. The molecule has 2 amide bonds. The van der Waals surface area contributed by atoms with Gasteiger partial charge in [-0.3, -0.25) is 0 Å². The number of anilines is 2. The van der Waals surface area contributed by atoms with Gasteiger partial charge in [0.2, 0.25) is 0 Å². The van der Waals surface area contributed by atoms with E-state index in [0.717, 1.165) is 54.3 Å². The molecule has 1 unspecified atom stereocenters. The first-order valence-electron chi connectivity index (χ1n) is 13.6. The number of piperazine rings is 1. The molecule has 1 aliphatic carbocycles. The molecule has 1 aliphatic heterocycles. The van der Waals surface area contributed by atoms with Crippen LogP contribution in [0.1, 0.15) is 35.2 Å². The summed E-state index contributed by atoms with van der Waals surface area (Å²) < 4.78 is 26.8. The van der Waals surface area contributed by atoms with Crippen LogP contribution in [0.4, 0.5) is 25.1 Å². The molecule has 1 N–H and O–H groups in total. The lowest BCUT2D eigenvalue weighted by molar-refractivity contribution is 0.208. The van der Waals surface area contributed by atoms with Gasteiger partial charge in [0.15, 0.2) is 11.6 Å². The number of benzene rings is 2. The third-order valence-electron chi connectivity index (χ3n) is 7.70. The van der Waals surface area contributed by atoms with Crippen molar-refractivity contribution in [1.29, 1.82) is 0 Å². The molecular weight excluding hydrogens is 516 g/mol. The van der Waals surface area contributed by atoms with Crippen LogP contribution < -0.4 is 10.2 Å². The van der Waals surface area contributed by atoms with Gasteiger partial charge in [0.05, 0.1) is 5.39 Å². The first kappa shape index (κ1) is 25.7. The minimum absolute atomic E-state index is 0.237. The van der Waals surface area contributed by atoms with Crippen molar-refractivity contribution in [1.82, 2.24) is 14.9 Å². The van der Waals surface area contributed by atoms with Crippen LogP contribution in [0.25, 0.3) is 10.2 Å². The Morgan fingerprint density at radius 1 is 1.03 bits per heavy atom. The zero-order chi connectivity index (χ0) is 26.9. The molecule has 1 fully saturated rings. The van der Waals surface area contributed by atoms with Crippen molar-refractivity contribution < 1.29 is 13.6 Å². The van der Waals surface area contributed by atoms with Gasteiger partial charge in [0, 0.05) is 49.2 Å². The predicted octanol–water partition coefficient (Wildman–Crippen LogP) is 6.23. The van der Waals surface area contributed by atoms with Crippen LogP contribution in [0, 0.1) is 17.6 Å². The standard InChI is InChI=1S/C30H31F2N5OS/c1-19-7-10-22-25(17-19)39-29-27(22)28(34-26(35-29)12-8-20-5-3-2-4-6-20)36-13-15-37(16-14-36)30(38)33-21-9-11-23(31)24(32)18-21/h2-6,9,11,18-19H,7-8,10,12-17H2,1H3,(H,33,38). The molecule has 2 aromatic heterocycles. The van der Waals surface area contributed by atoms with Crippen molar-refractivity contribution in [3.8, 4) is 0 Å². The third kappa shape index (κ3) is 5.45. The number of halogens is 2. The highest BCUT2D eigenvalue weighted by Crippen LogP contribution is 2.41. The Balaban J connectivity index is 1.23. The summed E-state index contributed by atoms with van der Waals surface area (Å²) in [4.78, 5) is 29.5. The van der Waals surface area contributed by atoms with E-state index in [1.165, 1.54) is 33.9 Å². The largest absolute Gasteiger partial charge is 0.352 e. The topological polar surface area (TPSA) is 61.4 Å². The van der Waals surface area contributed by atoms with Gasteiger partial charge in [0.25, 0.3) is 0 Å². The molecule has 2 aliphatic rings. The number of rotatable bonds is 5. The monoisotopic (exact) mass is 547 g/mol. The van der Waals surface area contributed by atoms with Gasteiger partial charge in [0.1, 0.15) is 16.5 Å². The van der Waals surface area contributed by atoms with E-state index in [0.29, 0.717) is 32.1 Å². The predicted molar refractivity (Wildman–Crippen MR) is 152 cm³/mol. The van der Waals surface area contributed by atoms with Gasteiger partial charge in [-0.05, 0) is 54.9 Å². The number of carbonyl (C=O) groups excluding carboxylic acids is 1. The molecule has 6 rings (SSSR count). The fraction of sp³-hybridized carbons (Fsp3) is 0.367. The quantitative estimate of drug-likeness (QED) is 0.322. The zero-order valence-electron chi connectivity index (χ0n) is 21.9. The number of aryl methyl sites for hydroxylation is 3. The Bertz CT molecular complexity index is 1500. The highest BCUT2D eigenvalue weighted by molar-refractivity contribution is 7.19. The maximum absolute atomic E-state index is 13.6. The van der Waals surface area contributed by atoms with Gasteiger partial charge < -0.3 is 15.1 Å². The van der Waals surface area contributed by atoms with Crippen molar-refractivity contribution >= 4 is 39.1 Å². The van der Waals surface area contributed by atoms with E-state index in [4.69, 9.17) is 9.97 Å². The second-order valence-corrected chi connectivity index (χ2v) is 11.6. The minimum Gasteiger partial charge on any atom is -0.352 e. The summed E-state index contributed by atoms with van der Waals surface area (Å²) in [5.74, 6) is 0.589. The number of amides is 2. The molecule has 0 saturated carbocycles. The Hall–Kier alpha value is -3.59. The molecule has 1 saturated heterocycles. The third-order valence-corrected chi connectivity index (χ3v) is 8.85. The van der Waals surface area contributed by atoms with Gasteiger partial charge >= 0.3 is 6.03 Å². The molecule has 6 nitrogen and oxygen atoms in total. The molecule has 0 bridgehead atoms. The van der Waals surface area contributed by atoms with Crippen LogP contribution in [0.5, 0.6) is 0 Å². The normalized spacial score (nSPS) is 17.4. The van der Waals surface area contributed by atoms with E-state index in [2.05, 4.69) is 41.4 Å². The molecular formula is C30H31F2N5OS. The second-order valence-electron chi connectivity index (χ2n) is 10.5. The molecule has 9 heteroatoms. The van der Waals surface area contributed by atoms with Crippen molar-refractivity contribution in [2.45, 2.75) is 39.0 Å². The van der Waals surface area contributed by atoms with E-state index >= 15 is 0 Å². The van der Waals surface area contributed by atoms with Gasteiger partial charge in [-0.1, -0.05) is 37.3 Å². The number of fused-ring (bicyclic) bond motifs is 3. The SMILES string of the molecule is CC1CCc2c(sc3nc(CCc4ccccc4)nc(N4CCN(C(=O)Nc5ccc(F)c(F)c5)CC4)c23)C1. The van der Waals surface area contributed by atoms with Crippen LogP contribution in [0.15, 0.2) is 48.5 Å². The van der Waals surface area contributed by atoms with Gasteiger partial charge in [-0.25, -0.2) is 23.5 Å². The molecule has 3 heterocycles. The Labute approximate surface area is 230 Å². The Kier molecular flexibility index (Phi) is 7.16. The Morgan fingerprint density at radius 3 is 2.59 bits per heavy atom. The summed E-state index contributed by atoms with van der Waals surface area (Å²) in [5, 5.41) is 3.87. The average molecular weight is 548 g/mol. The number of hydrogen-bond acceptors (Lipinski definition) is 5. The number of aromatic nitrogens is 2. The smallest absolute Gasteiger partial charge is 0.321 e. The summed E-state index contributed by atoms with van der Waals surface area (Å²) in [6.45, 7) is 4.59. The number of nitrogens with zero attached hydrogens (tertiary/aromatic N) is 4. The maximum atomic E-state index is 13.6. The number of nitrogens with one attached hydrogen (secondary N) is 1. The highest BCUT2D eigenvalue weighted by atomic mass is 32.1. The van der Waals surface area contributed by atoms with Crippen LogP contribution in [0.3, 0.4) is 0 Å². The minimum atomic E-state index is -0.984. The summed E-state index contributed by atoms with van der Waals surface area (Å²) in [7, 11) is 0. The van der Waals surface area contributed by atoms with E-state index < -0.39 is 11.6 Å². The molecule has 202 valence electrons. The van der Waals surface area contributed by atoms with Crippen molar-refractivity contribution in [3.05, 3.63) is 82.0 Å². The van der Waals surface area contributed by atoms with E-state index in [1.807, 2.05) is 17.4 Å². The number of thiophene rings is 1. The van der Waals surface area contributed by atoms with E-state index in [9.17, 15) is 13.6 Å². The lowest BCUT2D eigenvalue weighted by atomic mass is 9.89. The molecule has 0 radical (unpaired) electrons. The molecule has 39 heavy (non-hydrogen) atoms. The lowest BCUT2D eigenvalue weighted by Crippen LogP contribution is -2.50. The number of urea groups is 1. The van der Waals surface area contributed by atoms with Crippen LogP contribution in [0.2, 0.25) is 0 Å². The van der Waals surface area contributed by atoms with Gasteiger partial charge in [-0.15, -0.1) is 11.3 Å². The summed E-state index contributed by atoms with van der Waals surface area (Å²) >= 11 is 1.82. The highest BCUT2D eigenvalue weighted by Gasteiger charge is 2.28. The van der Waals surface area contributed by atoms with Gasteiger partial charge in [-0.2, -0.15) is 0 Å². The summed E-state index contributed by atoms with van der Waals surface area (Å²) in [5.41, 5.74) is 2.90. The van der Waals surface area contributed by atoms with Crippen LogP contribution in [-0.2, 0) is 25.7 Å². The molecule has 1 atom stereocenters. The first-order valence-corrected chi connectivity index (χ1v) is 14.4. The number of hydrogen-bond donors (Lipinski definition) is 1. The van der Waals surface area contributed by atoms with Crippen LogP contribution >= 0.6 is 11.3 Å². The first-order chi connectivity index (χ1) is 18.9. The Morgan fingerprint density at radius 2 is 1.82 bits per heavy atom. The van der Waals surface area contributed by atoms with Crippen molar-refractivity contribution in [2.24, 2.45) is 5.92 Å². The van der Waals surface area contributed by atoms with E-state index in [-0.39, 0.29) is 11.7 Å². The summed E-state index contributed by atoms with van der Waals surface area (Å²) in [6, 6.07) is 13.5. The van der Waals surface area contributed by atoms with Crippen molar-refractivity contribution in [3.63, 3.8) is 0 Å². The fourth-order valence-electron chi connectivity index (χ4n) is 5.51. The number of carbonyl (C=O) groups is 1. The van der Waals surface area contributed by atoms with Crippen molar-refractivity contribution in [2.75, 3.05) is 36.4 Å².